The van der Waals surface area contributed by atoms with Crippen LogP contribution in [0.1, 0.15) is 11.1 Å². The first-order valence-electron chi connectivity index (χ1n) is 10.6. The molecule has 10 heteroatoms. The molecule has 0 radical (unpaired) electrons. The second-order valence-electron chi connectivity index (χ2n) is 7.75. The lowest BCUT2D eigenvalue weighted by Crippen LogP contribution is -2.54. The molecule has 2 N–H and O–H groups in total. The molecule has 0 aliphatic carbocycles. The largest absolute Gasteiger partial charge is 0.368 e. The minimum atomic E-state index is -0.821. The lowest BCUT2D eigenvalue weighted by atomic mass is 10.0. The molecule has 10 nitrogen and oxygen atoms in total. The third-order valence-electron chi connectivity index (χ3n) is 5.63. The third kappa shape index (κ3) is 4.90. The highest BCUT2D eigenvalue weighted by molar-refractivity contribution is 6.31. The number of nitro groups is 1. The number of barbiturate groups is 1. The molecular formula is C23H23N5O5. The van der Waals surface area contributed by atoms with E-state index in [1.54, 1.807) is 6.07 Å². The van der Waals surface area contributed by atoms with Gasteiger partial charge >= 0.3 is 6.03 Å². The van der Waals surface area contributed by atoms with Crippen LogP contribution >= 0.6 is 0 Å². The number of piperazine rings is 1. The summed E-state index contributed by atoms with van der Waals surface area (Å²) in [6.07, 6.45) is 1.77. The molecule has 0 spiro atoms. The molecule has 170 valence electrons. The zero-order valence-corrected chi connectivity index (χ0v) is 17.8. The van der Waals surface area contributed by atoms with Gasteiger partial charge in [-0.1, -0.05) is 30.3 Å². The summed E-state index contributed by atoms with van der Waals surface area (Å²) in [5.41, 5.74) is 1.62. The zero-order chi connectivity index (χ0) is 23.4. The highest BCUT2D eigenvalue weighted by Gasteiger charge is 2.35. The van der Waals surface area contributed by atoms with Gasteiger partial charge in [-0.2, -0.15) is 0 Å². The Morgan fingerprint density at radius 2 is 1.76 bits per heavy atom. The van der Waals surface area contributed by atoms with Gasteiger partial charge in [0.2, 0.25) is 0 Å². The lowest BCUT2D eigenvalue weighted by Gasteiger charge is -2.31. The van der Waals surface area contributed by atoms with Crippen LogP contribution in [0.3, 0.4) is 0 Å². The van der Waals surface area contributed by atoms with Crippen LogP contribution in [0.5, 0.6) is 0 Å². The SMILES string of the molecule is O=C1NC(=O)N(CCc2ccccc2)C(=O)/C1=C\c1cc([N+](=O)[O-])ccc1N1CCNCC1. The Morgan fingerprint density at radius 3 is 2.45 bits per heavy atom. The number of hydrogen-bond donors (Lipinski definition) is 2. The number of benzene rings is 2. The number of rotatable bonds is 6. The summed E-state index contributed by atoms with van der Waals surface area (Å²) in [7, 11) is 0. The Labute approximate surface area is 190 Å². The van der Waals surface area contributed by atoms with Gasteiger partial charge in [-0.15, -0.1) is 0 Å². The number of nitrogens with one attached hydrogen (secondary N) is 2. The summed E-state index contributed by atoms with van der Waals surface area (Å²) in [6, 6.07) is 13.0. The third-order valence-corrected chi connectivity index (χ3v) is 5.63. The average molecular weight is 449 g/mol. The van der Waals surface area contributed by atoms with Crippen LogP contribution in [0.2, 0.25) is 0 Å². The van der Waals surface area contributed by atoms with Crippen LogP contribution in [-0.4, -0.2) is 60.4 Å². The van der Waals surface area contributed by atoms with Gasteiger partial charge in [-0.05, 0) is 24.1 Å². The summed E-state index contributed by atoms with van der Waals surface area (Å²) < 4.78 is 0. The van der Waals surface area contributed by atoms with Crippen LogP contribution in [-0.2, 0) is 16.0 Å². The van der Waals surface area contributed by atoms with E-state index in [-0.39, 0.29) is 17.8 Å². The van der Waals surface area contributed by atoms with Gasteiger partial charge in [0.05, 0.1) is 4.92 Å². The topological polar surface area (TPSA) is 125 Å². The van der Waals surface area contributed by atoms with Gasteiger partial charge in [0, 0.05) is 56.1 Å². The maximum Gasteiger partial charge on any atom is 0.331 e. The average Bonchev–Trinajstić information content (AvgIpc) is 2.82. The molecule has 4 amide bonds. The van der Waals surface area contributed by atoms with Gasteiger partial charge in [-0.25, -0.2) is 4.79 Å². The fourth-order valence-corrected chi connectivity index (χ4v) is 3.90. The molecule has 33 heavy (non-hydrogen) atoms. The summed E-state index contributed by atoms with van der Waals surface area (Å²) in [4.78, 5) is 51.8. The van der Waals surface area contributed by atoms with E-state index in [1.807, 2.05) is 35.2 Å². The second kappa shape index (κ2) is 9.61. The molecule has 2 aliphatic rings. The Kier molecular flexibility index (Phi) is 6.45. The number of carbonyl (C=O) groups excluding carboxylic acids is 3. The van der Waals surface area contributed by atoms with Crippen molar-refractivity contribution in [1.29, 1.82) is 0 Å². The quantitative estimate of drug-likeness (QED) is 0.298. The smallest absolute Gasteiger partial charge is 0.331 e. The van der Waals surface area contributed by atoms with E-state index in [0.717, 1.165) is 23.6 Å². The highest BCUT2D eigenvalue weighted by Crippen LogP contribution is 2.29. The first kappa shape index (κ1) is 22.2. The molecule has 0 unspecified atom stereocenters. The maximum absolute atomic E-state index is 13.1. The number of imide groups is 2. The number of carbonyl (C=O) groups is 3. The van der Waals surface area contributed by atoms with E-state index >= 15 is 0 Å². The Hall–Kier alpha value is -4.05. The molecule has 2 aromatic carbocycles. The van der Waals surface area contributed by atoms with Crippen molar-refractivity contribution in [1.82, 2.24) is 15.5 Å². The Balaban J connectivity index is 1.66. The fraction of sp³-hybridized carbons (Fsp3) is 0.261. The van der Waals surface area contributed by atoms with Crippen molar-refractivity contribution in [2.45, 2.75) is 6.42 Å². The molecule has 0 aromatic heterocycles. The summed E-state index contributed by atoms with van der Waals surface area (Å²) >= 11 is 0. The molecular weight excluding hydrogens is 426 g/mol. The van der Waals surface area contributed by atoms with Crippen LogP contribution in [0.25, 0.3) is 6.08 Å². The molecule has 0 saturated carbocycles. The highest BCUT2D eigenvalue weighted by atomic mass is 16.6. The molecule has 2 aromatic rings. The summed E-state index contributed by atoms with van der Waals surface area (Å²) in [5, 5.41) is 16.8. The van der Waals surface area contributed by atoms with Crippen molar-refractivity contribution < 1.29 is 19.3 Å². The summed E-state index contributed by atoms with van der Waals surface area (Å²) in [6.45, 7) is 2.94. The van der Waals surface area contributed by atoms with Crippen molar-refractivity contribution >= 4 is 35.3 Å². The van der Waals surface area contributed by atoms with Crippen LogP contribution in [0, 0.1) is 10.1 Å². The van der Waals surface area contributed by atoms with E-state index in [2.05, 4.69) is 10.6 Å². The number of nitrogens with zero attached hydrogens (tertiary/aromatic N) is 3. The van der Waals surface area contributed by atoms with Gasteiger partial charge in [0.25, 0.3) is 17.5 Å². The van der Waals surface area contributed by atoms with E-state index in [9.17, 15) is 24.5 Å². The van der Waals surface area contributed by atoms with Crippen molar-refractivity contribution in [2.75, 3.05) is 37.6 Å². The van der Waals surface area contributed by atoms with E-state index < -0.39 is 22.8 Å². The van der Waals surface area contributed by atoms with Gasteiger partial charge in [0.1, 0.15) is 5.57 Å². The van der Waals surface area contributed by atoms with Gasteiger partial charge in [-0.3, -0.25) is 29.9 Å². The number of hydrogen-bond acceptors (Lipinski definition) is 7. The number of nitro benzene ring substituents is 1. The van der Waals surface area contributed by atoms with Gasteiger partial charge in [0.15, 0.2) is 0 Å². The fourth-order valence-electron chi connectivity index (χ4n) is 3.90. The Bertz CT molecular complexity index is 1130. The van der Waals surface area contributed by atoms with E-state index in [1.165, 1.54) is 18.2 Å². The molecule has 2 heterocycles. The van der Waals surface area contributed by atoms with Crippen LogP contribution in [0.15, 0.2) is 54.1 Å². The number of amides is 4. The molecule has 4 rings (SSSR count). The predicted octanol–water partition coefficient (Wildman–Crippen LogP) is 1.71. The molecule has 2 fully saturated rings. The minimum Gasteiger partial charge on any atom is -0.368 e. The van der Waals surface area contributed by atoms with Crippen LogP contribution < -0.4 is 15.5 Å². The van der Waals surface area contributed by atoms with Crippen molar-refractivity contribution in [3.8, 4) is 0 Å². The molecule has 2 saturated heterocycles. The standard InChI is InChI=1S/C23H23N5O5/c29-21-19(22(30)27(23(31)25-21)11-8-16-4-2-1-3-5-16)15-17-14-18(28(32)33)6-7-20(17)26-12-9-24-10-13-26/h1-7,14-15,24H,8-13H2,(H,25,29,31)/b19-15-. The number of anilines is 1. The molecule has 0 atom stereocenters. The summed E-state index contributed by atoms with van der Waals surface area (Å²) in [5.74, 6) is -1.55. The van der Waals surface area contributed by atoms with Crippen molar-refractivity contribution in [3.05, 3.63) is 75.3 Å². The normalized spacial score (nSPS) is 17.9. The molecule has 2 aliphatic heterocycles. The lowest BCUT2D eigenvalue weighted by molar-refractivity contribution is -0.384. The monoisotopic (exact) mass is 449 g/mol. The van der Waals surface area contributed by atoms with E-state index in [0.29, 0.717) is 30.8 Å². The van der Waals surface area contributed by atoms with Gasteiger partial charge < -0.3 is 10.2 Å². The molecule has 0 bridgehead atoms. The zero-order valence-electron chi connectivity index (χ0n) is 17.8. The Morgan fingerprint density at radius 1 is 1.03 bits per heavy atom. The van der Waals surface area contributed by atoms with Crippen molar-refractivity contribution in [3.63, 3.8) is 0 Å². The minimum absolute atomic E-state index is 0.0961. The second-order valence-corrected chi connectivity index (χ2v) is 7.75. The predicted molar refractivity (Wildman–Crippen MR) is 122 cm³/mol. The maximum atomic E-state index is 13.1. The number of urea groups is 1. The number of non-ortho nitro benzene ring substituents is 1. The first-order valence-corrected chi connectivity index (χ1v) is 10.6. The first-order chi connectivity index (χ1) is 15.9. The van der Waals surface area contributed by atoms with Crippen molar-refractivity contribution in [2.24, 2.45) is 0 Å². The van der Waals surface area contributed by atoms with E-state index in [4.69, 9.17) is 0 Å². The van der Waals surface area contributed by atoms with Crippen LogP contribution in [0.4, 0.5) is 16.2 Å².